The molecule has 0 saturated carbocycles. The molecule has 0 radical (unpaired) electrons. The fourth-order valence-corrected chi connectivity index (χ4v) is 1.95. The van der Waals surface area contributed by atoms with Crippen molar-refractivity contribution in [2.24, 2.45) is 0 Å². The van der Waals surface area contributed by atoms with E-state index in [9.17, 15) is 4.79 Å². The zero-order chi connectivity index (χ0) is 9.26. The smallest absolute Gasteiger partial charge is 0.303 e. The molecule has 3 nitrogen and oxygen atoms in total. The number of rotatable bonds is 2. The van der Waals surface area contributed by atoms with Crippen LogP contribution in [0.4, 0.5) is 0 Å². The highest BCUT2D eigenvalue weighted by atomic mass is 16.4. The molecule has 0 saturated heterocycles. The summed E-state index contributed by atoms with van der Waals surface area (Å²) >= 11 is 0. The van der Waals surface area contributed by atoms with Crippen LogP contribution < -0.4 is 0 Å². The first-order chi connectivity index (χ1) is 6.27. The van der Waals surface area contributed by atoms with Crippen molar-refractivity contribution in [1.82, 2.24) is 4.98 Å². The third-order valence-corrected chi connectivity index (χ3v) is 2.56. The van der Waals surface area contributed by atoms with Crippen LogP contribution >= 0.6 is 0 Å². The Morgan fingerprint density at radius 3 is 3.31 bits per heavy atom. The average Bonchev–Trinajstić information content (AvgIpc) is 2.48. The predicted molar refractivity (Wildman–Crippen MR) is 47.6 cm³/mol. The summed E-state index contributed by atoms with van der Waals surface area (Å²) in [4.78, 5) is 14.6. The zero-order valence-corrected chi connectivity index (χ0v) is 7.23. The highest BCUT2D eigenvalue weighted by molar-refractivity contribution is 5.68. The molecule has 1 N–H and O–H groups in total. The maximum absolute atomic E-state index is 10.5. The fraction of sp³-hybridized carbons (Fsp3) is 0.400. The summed E-state index contributed by atoms with van der Waals surface area (Å²) < 4.78 is 0. The number of nitrogens with zero attached hydrogens (tertiary/aromatic N) is 1. The molecule has 0 spiro atoms. The predicted octanol–water partition coefficient (Wildman–Crippen LogP) is 1.59. The molecule has 1 heterocycles. The molecule has 13 heavy (non-hydrogen) atoms. The minimum Gasteiger partial charge on any atom is -0.481 e. The highest BCUT2D eigenvalue weighted by Gasteiger charge is 2.23. The quantitative estimate of drug-likeness (QED) is 0.746. The number of carbonyl (C=O) groups is 1. The van der Waals surface area contributed by atoms with E-state index >= 15 is 0 Å². The SMILES string of the molecule is O=C(O)CC1CCc2cnccc21. The van der Waals surface area contributed by atoms with Crippen LogP contribution in [0.15, 0.2) is 18.5 Å². The van der Waals surface area contributed by atoms with Crippen molar-refractivity contribution < 1.29 is 9.90 Å². The number of aromatic nitrogens is 1. The van der Waals surface area contributed by atoms with Crippen LogP contribution in [0.3, 0.4) is 0 Å². The van der Waals surface area contributed by atoms with Crippen molar-refractivity contribution in [3.8, 4) is 0 Å². The van der Waals surface area contributed by atoms with E-state index in [1.807, 2.05) is 12.3 Å². The molecular weight excluding hydrogens is 166 g/mol. The number of hydrogen-bond acceptors (Lipinski definition) is 2. The lowest BCUT2D eigenvalue weighted by molar-refractivity contribution is -0.137. The van der Waals surface area contributed by atoms with E-state index in [0.29, 0.717) is 0 Å². The van der Waals surface area contributed by atoms with Crippen LogP contribution in [0.5, 0.6) is 0 Å². The third-order valence-electron chi connectivity index (χ3n) is 2.56. The number of fused-ring (bicyclic) bond motifs is 1. The lowest BCUT2D eigenvalue weighted by atomic mass is 9.99. The number of hydrogen-bond donors (Lipinski definition) is 1. The molecule has 0 fully saturated rings. The minimum atomic E-state index is -0.713. The first-order valence-electron chi connectivity index (χ1n) is 4.42. The number of aliphatic carboxylic acids is 1. The van der Waals surface area contributed by atoms with E-state index in [2.05, 4.69) is 4.98 Å². The van der Waals surface area contributed by atoms with Crippen LogP contribution in [-0.4, -0.2) is 16.1 Å². The Bertz CT molecular complexity index is 335. The van der Waals surface area contributed by atoms with Gasteiger partial charge in [-0.15, -0.1) is 0 Å². The fourth-order valence-electron chi connectivity index (χ4n) is 1.95. The third kappa shape index (κ3) is 1.54. The van der Waals surface area contributed by atoms with Gasteiger partial charge in [0.25, 0.3) is 0 Å². The normalized spacial score (nSPS) is 19.8. The monoisotopic (exact) mass is 177 g/mol. The van der Waals surface area contributed by atoms with Crippen molar-refractivity contribution in [3.63, 3.8) is 0 Å². The van der Waals surface area contributed by atoms with Gasteiger partial charge in [0, 0.05) is 12.4 Å². The maximum Gasteiger partial charge on any atom is 0.303 e. The number of carboxylic acids is 1. The van der Waals surface area contributed by atoms with Crippen LogP contribution in [-0.2, 0) is 11.2 Å². The lowest BCUT2D eigenvalue weighted by Crippen LogP contribution is -2.02. The molecule has 1 aromatic heterocycles. The van der Waals surface area contributed by atoms with Gasteiger partial charge in [-0.05, 0) is 36.0 Å². The van der Waals surface area contributed by atoms with E-state index in [0.717, 1.165) is 12.8 Å². The van der Waals surface area contributed by atoms with Crippen molar-refractivity contribution in [2.75, 3.05) is 0 Å². The van der Waals surface area contributed by atoms with Gasteiger partial charge in [-0.1, -0.05) is 0 Å². The van der Waals surface area contributed by atoms with Crippen molar-refractivity contribution >= 4 is 5.97 Å². The summed E-state index contributed by atoms with van der Waals surface area (Å²) in [5.74, 6) is -0.509. The second-order valence-electron chi connectivity index (χ2n) is 3.41. The first kappa shape index (κ1) is 8.23. The molecule has 0 amide bonds. The molecule has 0 bridgehead atoms. The van der Waals surface area contributed by atoms with E-state index in [4.69, 9.17) is 5.11 Å². The number of pyridine rings is 1. The van der Waals surface area contributed by atoms with E-state index in [1.54, 1.807) is 6.20 Å². The molecule has 1 unspecified atom stereocenters. The van der Waals surface area contributed by atoms with Gasteiger partial charge in [-0.3, -0.25) is 9.78 Å². The Balaban J connectivity index is 2.23. The molecule has 1 aliphatic carbocycles. The number of carboxylic acid groups (broad SMARTS) is 1. The van der Waals surface area contributed by atoms with E-state index in [-0.39, 0.29) is 12.3 Å². The molecule has 68 valence electrons. The standard InChI is InChI=1S/C10H11NO2/c12-10(13)5-7-1-2-8-6-11-4-3-9(7)8/h3-4,6-7H,1-2,5H2,(H,12,13). The average molecular weight is 177 g/mol. The summed E-state index contributed by atoms with van der Waals surface area (Å²) in [5, 5.41) is 8.68. The first-order valence-corrected chi connectivity index (χ1v) is 4.42. The Kier molecular flexibility index (Phi) is 2.00. The Morgan fingerprint density at radius 2 is 2.54 bits per heavy atom. The van der Waals surface area contributed by atoms with Gasteiger partial charge in [0.15, 0.2) is 0 Å². The summed E-state index contributed by atoms with van der Waals surface area (Å²) in [6, 6.07) is 1.94. The van der Waals surface area contributed by atoms with Crippen LogP contribution in [0.1, 0.15) is 29.9 Å². The van der Waals surface area contributed by atoms with Gasteiger partial charge in [-0.25, -0.2) is 0 Å². The van der Waals surface area contributed by atoms with Crippen LogP contribution in [0.25, 0.3) is 0 Å². The van der Waals surface area contributed by atoms with Crippen molar-refractivity contribution in [3.05, 3.63) is 29.6 Å². The van der Waals surface area contributed by atoms with Crippen LogP contribution in [0.2, 0.25) is 0 Å². The molecule has 0 aromatic carbocycles. The zero-order valence-electron chi connectivity index (χ0n) is 7.23. The van der Waals surface area contributed by atoms with Crippen molar-refractivity contribution in [1.29, 1.82) is 0 Å². The van der Waals surface area contributed by atoms with Gasteiger partial charge in [0.2, 0.25) is 0 Å². The maximum atomic E-state index is 10.5. The topological polar surface area (TPSA) is 50.2 Å². The second-order valence-corrected chi connectivity index (χ2v) is 3.41. The van der Waals surface area contributed by atoms with Crippen molar-refractivity contribution in [2.45, 2.75) is 25.2 Å². The molecule has 1 atom stereocenters. The summed E-state index contributed by atoms with van der Waals surface area (Å²) in [5.41, 5.74) is 2.39. The second kappa shape index (κ2) is 3.17. The minimum absolute atomic E-state index is 0.204. The highest BCUT2D eigenvalue weighted by Crippen LogP contribution is 2.34. The Morgan fingerprint density at radius 1 is 1.69 bits per heavy atom. The largest absolute Gasteiger partial charge is 0.481 e. The van der Waals surface area contributed by atoms with Crippen LogP contribution in [0, 0.1) is 0 Å². The van der Waals surface area contributed by atoms with Gasteiger partial charge < -0.3 is 5.11 Å². The molecule has 1 aromatic rings. The molecule has 2 rings (SSSR count). The molecular formula is C10H11NO2. The molecule has 0 aliphatic heterocycles. The Labute approximate surface area is 76.4 Å². The van der Waals surface area contributed by atoms with Gasteiger partial charge in [0.05, 0.1) is 6.42 Å². The van der Waals surface area contributed by atoms with E-state index in [1.165, 1.54) is 11.1 Å². The summed E-state index contributed by atoms with van der Waals surface area (Å²) in [7, 11) is 0. The van der Waals surface area contributed by atoms with Gasteiger partial charge >= 0.3 is 5.97 Å². The molecule has 3 heteroatoms. The molecule has 1 aliphatic rings. The van der Waals surface area contributed by atoms with Gasteiger partial charge in [-0.2, -0.15) is 0 Å². The summed E-state index contributed by atoms with van der Waals surface area (Å²) in [6.07, 6.45) is 5.75. The van der Waals surface area contributed by atoms with Gasteiger partial charge in [0.1, 0.15) is 0 Å². The Hall–Kier alpha value is -1.38. The van der Waals surface area contributed by atoms with E-state index < -0.39 is 5.97 Å². The summed E-state index contributed by atoms with van der Waals surface area (Å²) in [6.45, 7) is 0. The number of aryl methyl sites for hydroxylation is 1. The lowest BCUT2D eigenvalue weighted by Gasteiger charge is -2.06.